The fourth-order valence-electron chi connectivity index (χ4n) is 4.55. The molecule has 0 saturated carbocycles. The second kappa shape index (κ2) is 7.98. The molecule has 0 bridgehead atoms. The lowest BCUT2D eigenvalue weighted by molar-refractivity contribution is -0.130. The Labute approximate surface area is 190 Å². The first kappa shape index (κ1) is 21.9. The van der Waals surface area contributed by atoms with E-state index in [0.29, 0.717) is 32.7 Å². The molecule has 2 aliphatic rings. The zero-order valence-corrected chi connectivity index (χ0v) is 18.8. The fourth-order valence-corrected chi connectivity index (χ4v) is 4.99. The van der Waals surface area contributed by atoms with Gasteiger partial charge in [-0.3, -0.25) is 14.9 Å². The smallest absolute Gasteiger partial charge is 0.250 e. The molecule has 1 spiro atoms. The number of methoxy groups -OCH3 is 1. The van der Waals surface area contributed by atoms with Crippen LogP contribution in [0, 0.1) is 12.8 Å². The molecule has 4 atom stereocenters. The van der Waals surface area contributed by atoms with Crippen molar-refractivity contribution in [3.8, 4) is 5.75 Å². The average molecular weight is 464 g/mol. The van der Waals surface area contributed by atoms with Crippen molar-refractivity contribution in [2.75, 3.05) is 17.7 Å². The van der Waals surface area contributed by atoms with Crippen LogP contribution in [0.25, 0.3) is 0 Å². The molecule has 2 aromatic carbocycles. The summed E-state index contributed by atoms with van der Waals surface area (Å²) in [5.74, 6) is -1.11. The summed E-state index contributed by atoms with van der Waals surface area (Å²) < 4.78 is 5.32. The van der Waals surface area contributed by atoms with E-state index < -0.39 is 29.5 Å². The normalized spacial score (nSPS) is 25.3. The van der Waals surface area contributed by atoms with E-state index in [2.05, 4.69) is 16.0 Å². The molecule has 9 heteroatoms. The van der Waals surface area contributed by atoms with Crippen molar-refractivity contribution in [1.82, 2.24) is 5.32 Å². The zero-order valence-electron chi connectivity index (χ0n) is 17.3. The van der Waals surface area contributed by atoms with Crippen molar-refractivity contribution in [3.63, 3.8) is 0 Å². The van der Waals surface area contributed by atoms with Gasteiger partial charge in [0.1, 0.15) is 11.3 Å². The van der Waals surface area contributed by atoms with Gasteiger partial charge in [-0.25, -0.2) is 0 Å². The summed E-state index contributed by atoms with van der Waals surface area (Å²) in [5, 5.41) is 20.1. The molecule has 1 saturated heterocycles. The van der Waals surface area contributed by atoms with Gasteiger partial charge in [-0.15, -0.1) is 0 Å². The van der Waals surface area contributed by atoms with Crippen molar-refractivity contribution < 1.29 is 19.4 Å². The SMILES string of the molecule is COc1ccc(Cl)cc1NC(=O)[C@H]1C[C@H](C(C)O)N[C@]12C(=O)Nc1c(C)cc(Cl)cc12. The molecule has 31 heavy (non-hydrogen) atoms. The van der Waals surface area contributed by atoms with E-state index >= 15 is 0 Å². The summed E-state index contributed by atoms with van der Waals surface area (Å²) in [5.41, 5.74) is 1.07. The number of ether oxygens (including phenoxy) is 1. The van der Waals surface area contributed by atoms with Gasteiger partial charge in [0, 0.05) is 27.3 Å². The molecule has 0 aliphatic carbocycles. The zero-order chi connectivity index (χ0) is 22.5. The summed E-state index contributed by atoms with van der Waals surface area (Å²) in [7, 11) is 1.49. The number of halogens is 2. The number of benzene rings is 2. The van der Waals surface area contributed by atoms with Crippen LogP contribution in [0.4, 0.5) is 11.4 Å². The first-order chi connectivity index (χ1) is 14.7. The minimum atomic E-state index is -1.36. The number of aryl methyl sites for hydroxylation is 1. The van der Waals surface area contributed by atoms with Crippen LogP contribution in [0.3, 0.4) is 0 Å². The van der Waals surface area contributed by atoms with Gasteiger partial charge in [-0.05, 0) is 56.2 Å². The highest BCUT2D eigenvalue weighted by Crippen LogP contribution is 2.49. The van der Waals surface area contributed by atoms with Crippen LogP contribution in [0.5, 0.6) is 5.75 Å². The minimum Gasteiger partial charge on any atom is -0.495 e. The molecule has 4 N–H and O–H groups in total. The topological polar surface area (TPSA) is 99.7 Å². The van der Waals surface area contributed by atoms with Crippen LogP contribution in [0.2, 0.25) is 10.0 Å². The van der Waals surface area contributed by atoms with Gasteiger partial charge >= 0.3 is 0 Å². The Bertz CT molecular complexity index is 1070. The first-order valence-corrected chi connectivity index (χ1v) is 10.6. The van der Waals surface area contributed by atoms with Crippen molar-refractivity contribution in [2.45, 2.75) is 38.0 Å². The second-order valence-electron chi connectivity index (χ2n) is 8.02. The van der Waals surface area contributed by atoms with Gasteiger partial charge in [0.2, 0.25) is 11.8 Å². The van der Waals surface area contributed by atoms with E-state index in [4.69, 9.17) is 27.9 Å². The Balaban J connectivity index is 1.79. The van der Waals surface area contributed by atoms with Crippen molar-refractivity contribution in [1.29, 1.82) is 0 Å². The quantitative estimate of drug-likeness (QED) is 0.556. The molecule has 1 fully saturated rings. The van der Waals surface area contributed by atoms with E-state index in [1.807, 2.05) is 6.92 Å². The number of aliphatic hydroxyl groups excluding tert-OH is 1. The maximum atomic E-state index is 13.5. The Hall–Kier alpha value is -2.32. The molecular weight excluding hydrogens is 441 g/mol. The second-order valence-corrected chi connectivity index (χ2v) is 8.89. The minimum absolute atomic E-state index is 0.255. The third-order valence-corrected chi connectivity index (χ3v) is 6.52. The number of aliphatic hydroxyl groups is 1. The van der Waals surface area contributed by atoms with Crippen LogP contribution in [-0.2, 0) is 15.1 Å². The molecule has 2 heterocycles. The Morgan fingerprint density at radius 3 is 2.71 bits per heavy atom. The van der Waals surface area contributed by atoms with Gasteiger partial charge in [0.05, 0.1) is 24.8 Å². The van der Waals surface area contributed by atoms with Gasteiger partial charge in [0.25, 0.3) is 0 Å². The van der Waals surface area contributed by atoms with E-state index in [1.165, 1.54) is 7.11 Å². The lowest BCUT2D eigenvalue weighted by Gasteiger charge is -2.30. The van der Waals surface area contributed by atoms with Crippen LogP contribution in [0.1, 0.15) is 24.5 Å². The highest BCUT2D eigenvalue weighted by Gasteiger charge is 2.61. The largest absolute Gasteiger partial charge is 0.495 e. The van der Waals surface area contributed by atoms with Crippen molar-refractivity contribution in [2.24, 2.45) is 5.92 Å². The molecule has 0 radical (unpaired) electrons. The predicted octanol–water partition coefficient (Wildman–Crippen LogP) is 3.46. The number of rotatable bonds is 4. The first-order valence-electron chi connectivity index (χ1n) is 9.89. The Morgan fingerprint density at radius 1 is 1.29 bits per heavy atom. The lowest BCUT2D eigenvalue weighted by Crippen LogP contribution is -2.53. The number of hydrogen-bond donors (Lipinski definition) is 4. The van der Waals surface area contributed by atoms with E-state index in [9.17, 15) is 14.7 Å². The molecule has 2 aliphatic heterocycles. The Morgan fingerprint density at radius 2 is 2.03 bits per heavy atom. The molecule has 7 nitrogen and oxygen atoms in total. The molecule has 1 unspecified atom stereocenters. The summed E-state index contributed by atoms with van der Waals surface area (Å²) in [4.78, 5) is 26.8. The fraction of sp³-hybridized carbons (Fsp3) is 0.364. The number of amides is 2. The lowest BCUT2D eigenvalue weighted by atomic mass is 9.79. The van der Waals surface area contributed by atoms with Gasteiger partial charge in [0.15, 0.2) is 0 Å². The van der Waals surface area contributed by atoms with E-state index in [-0.39, 0.29) is 12.3 Å². The molecular formula is C22H23Cl2N3O4. The molecule has 4 rings (SSSR count). The van der Waals surface area contributed by atoms with Crippen molar-refractivity contribution >= 4 is 46.4 Å². The third kappa shape index (κ3) is 3.55. The standard InChI is InChI=1S/C22H23Cl2N3O4/c1-10-6-13(24)7-14-19(10)26-21(30)22(14)15(9-16(27-22)11(2)28)20(29)25-17-8-12(23)4-5-18(17)31-3/h4-8,11,15-16,27-28H,9H2,1-3H3,(H,25,29)(H,26,30)/t11?,15-,16-,22+/m1/s1. The molecule has 2 aromatic rings. The summed E-state index contributed by atoms with van der Waals surface area (Å²) in [6.07, 6.45) is -0.516. The molecule has 164 valence electrons. The maximum absolute atomic E-state index is 13.5. The number of anilines is 2. The number of nitrogens with one attached hydrogen (secondary N) is 3. The highest BCUT2D eigenvalue weighted by molar-refractivity contribution is 6.31. The summed E-state index contributed by atoms with van der Waals surface area (Å²) >= 11 is 12.4. The number of carbonyl (C=O) groups excluding carboxylic acids is 2. The average Bonchev–Trinajstić information content (AvgIpc) is 3.23. The number of fused-ring (bicyclic) bond motifs is 2. The van der Waals surface area contributed by atoms with Gasteiger partial charge in [-0.1, -0.05) is 23.2 Å². The van der Waals surface area contributed by atoms with Gasteiger partial charge < -0.3 is 20.5 Å². The molecule has 2 amide bonds. The summed E-state index contributed by atoms with van der Waals surface area (Å²) in [6, 6.07) is 7.88. The Kier molecular flexibility index (Phi) is 5.64. The van der Waals surface area contributed by atoms with Crippen molar-refractivity contribution in [3.05, 3.63) is 51.5 Å². The molecule has 0 aromatic heterocycles. The van der Waals surface area contributed by atoms with Crippen LogP contribution in [0.15, 0.2) is 30.3 Å². The monoisotopic (exact) mass is 463 g/mol. The van der Waals surface area contributed by atoms with Crippen LogP contribution in [-0.4, -0.2) is 36.2 Å². The third-order valence-electron chi connectivity index (χ3n) is 6.07. The highest BCUT2D eigenvalue weighted by atomic mass is 35.5. The predicted molar refractivity (Wildman–Crippen MR) is 120 cm³/mol. The number of hydrogen-bond acceptors (Lipinski definition) is 5. The van der Waals surface area contributed by atoms with Crippen LogP contribution >= 0.6 is 23.2 Å². The van der Waals surface area contributed by atoms with Gasteiger partial charge in [-0.2, -0.15) is 0 Å². The maximum Gasteiger partial charge on any atom is 0.250 e. The van der Waals surface area contributed by atoms with E-state index in [1.54, 1.807) is 37.3 Å². The van der Waals surface area contributed by atoms with Crippen LogP contribution < -0.4 is 20.7 Å². The van der Waals surface area contributed by atoms with E-state index in [0.717, 1.165) is 5.56 Å². The summed E-state index contributed by atoms with van der Waals surface area (Å²) in [6.45, 7) is 3.47. The number of carbonyl (C=O) groups is 2.